The van der Waals surface area contributed by atoms with Crippen molar-refractivity contribution in [3.05, 3.63) is 15.9 Å². The minimum atomic E-state index is -3.93. The highest BCUT2D eigenvalue weighted by Crippen LogP contribution is 2.27. The molecule has 0 radical (unpaired) electrons. The fourth-order valence-corrected chi connectivity index (χ4v) is 3.49. The van der Waals surface area contributed by atoms with Crippen molar-refractivity contribution in [2.24, 2.45) is 0 Å². The highest BCUT2D eigenvalue weighted by Gasteiger charge is 2.18. The van der Waals surface area contributed by atoms with Crippen LogP contribution in [0.2, 0.25) is 0 Å². The maximum absolute atomic E-state index is 11.3. The molecule has 0 saturated carbocycles. The first-order valence-corrected chi connectivity index (χ1v) is 6.30. The lowest BCUT2D eigenvalue weighted by atomic mass is 10.7. The average molecular weight is 301 g/mol. The Kier molecular flexibility index (Phi) is 3.65. The van der Waals surface area contributed by atoms with Crippen LogP contribution in [0.15, 0.2) is 20.1 Å². The topological polar surface area (TPSA) is 80.7 Å². The Hall–Kier alpha value is -0.440. The fraction of sp³-hybridized carbons (Fsp3) is 0.167. The van der Waals surface area contributed by atoms with Crippen molar-refractivity contribution in [1.82, 2.24) is 0 Å². The van der Waals surface area contributed by atoms with Gasteiger partial charge in [-0.15, -0.1) is 11.3 Å². The number of halogens is 1. The van der Waals surface area contributed by atoms with Gasteiger partial charge in [0, 0.05) is 0 Å². The van der Waals surface area contributed by atoms with E-state index < -0.39 is 22.7 Å². The summed E-state index contributed by atoms with van der Waals surface area (Å²) in [5.74, 6) is -1.33. The van der Waals surface area contributed by atoms with Gasteiger partial charge in [0.25, 0.3) is 0 Å². The van der Waals surface area contributed by atoms with E-state index in [9.17, 15) is 13.2 Å². The molecule has 0 unspecified atom stereocenters. The van der Waals surface area contributed by atoms with Gasteiger partial charge in [0.1, 0.15) is 4.21 Å². The Morgan fingerprint density at radius 3 is 2.64 bits per heavy atom. The zero-order chi connectivity index (χ0) is 10.8. The van der Waals surface area contributed by atoms with Crippen molar-refractivity contribution < 1.29 is 22.5 Å². The van der Waals surface area contributed by atoms with Gasteiger partial charge in [0.15, 0.2) is 6.61 Å². The second-order valence-electron chi connectivity index (χ2n) is 2.17. The van der Waals surface area contributed by atoms with E-state index >= 15 is 0 Å². The van der Waals surface area contributed by atoms with E-state index in [1.54, 1.807) is 6.07 Å². The summed E-state index contributed by atoms with van der Waals surface area (Å²) >= 11 is 4.04. The third-order valence-corrected chi connectivity index (χ3v) is 4.47. The SMILES string of the molecule is O=C(O)COS(=O)(=O)c1ccc(Br)s1. The minimum Gasteiger partial charge on any atom is -0.479 e. The number of carboxylic acid groups (broad SMARTS) is 1. The van der Waals surface area contributed by atoms with Gasteiger partial charge in [-0.2, -0.15) is 8.42 Å². The molecule has 1 N–H and O–H groups in total. The highest BCUT2D eigenvalue weighted by atomic mass is 79.9. The van der Waals surface area contributed by atoms with Crippen LogP contribution in [0.25, 0.3) is 0 Å². The highest BCUT2D eigenvalue weighted by molar-refractivity contribution is 9.11. The summed E-state index contributed by atoms with van der Waals surface area (Å²) in [4.78, 5) is 10.1. The van der Waals surface area contributed by atoms with E-state index in [4.69, 9.17) is 5.11 Å². The average Bonchev–Trinajstić information content (AvgIpc) is 2.49. The van der Waals surface area contributed by atoms with Crippen molar-refractivity contribution in [1.29, 1.82) is 0 Å². The van der Waals surface area contributed by atoms with Gasteiger partial charge in [-0.05, 0) is 28.1 Å². The van der Waals surface area contributed by atoms with Crippen LogP contribution in [0, 0.1) is 0 Å². The summed E-state index contributed by atoms with van der Waals surface area (Å²) in [5.41, 5.74) is 0. The number of aliphatic carboxylic acids is 1. The Morgan fingerprint density at radius 2 is 2.21 bits per heavy atom. The van der Waals surface area contributed by atoms with Gasteiger partial charge in [-0.1, -0.05) is 0 Å². The first-order valence-electron chi connectivity index (χ1n) is 3.28. The lowest BCUT2D eigenvalue weighted by molar-refractivity contribution is -0.139. The van der Waals surface area contributed by atoms with Crippen LogP contribution in [-0.4, -0.2) is 26.1 Å². The molecule has 1 rings (SSSR count). The van der Waals surface area contributed by atoms with Crippen LogP contribution < -0.4 is 0 Å². The van der Waals surface area contributed by atoms with Crippen LogP contribution in [0.4, 0.5) is 0 Å². The number of carbonyl (C=O) groups is 1. The van der Waals surface area contributed by atoms with E-state index in [0.29, 0.717) is 3.79 Å². The smallest absolute Gasteiger partial charge is 0.331 e. The molecule has 0 aliphatic heterocycles. The zero-order valence-corrected chi connectivity index (χ0v) is 9.86. The standard InChI is InChI=1S/C6H5BrO5S2/c7-4-1-2-6(13-4)14(10,11)12-3-5(8)9/h1-2H,3H2,(H,8,9). The summed E-state index contributed by atoms with van der Waals surface area (Å²) in [7, 11) is -3.93. The van der Waals surface area contributed by atoms with Crippen molar-refractivity contribution >= 4 is 43.4 Å². The van der Waals surface area contributed by atoms with Gasteiger partial charge < -0.3 is 5.11 Å². The van der Waals surface area contributed by atoms with Crippen molar-refractivity contribution in [3.63, 3.8) is 0 Å². The molecule has 0 fully saturated rings. The third kappa shape index (κ3) is 3.05. The van der Waals surface area contributed by atoms with Gasteiger partial charge in [0.05, 0.1) is 3.79 Å². The largest absolute Gasteiger partial charge is 0.479 e. The molecule has 5 nitrogen and oxygen atoms in total. The Balaban J connectivity index is 2.81. The molecule has 0 aliphatic rings. The van der Waals surface area contributed by atoms with Crippen molar-refractivity contribution in [3.8, 4) is 0 Å². The second kappa shape index (κ2) is 4.39. The number of thiophene rings is 1. The molecule has 1 heterocycles. The number of carboxylic acids is 1. The normalized spacial score (nSPS) is 11.5. The van der Waals surface area contributed by atoms with Crippen LogP contribution in [0.1, 0.15) is 0 Å². The molecule has 0 saturated heterocycles. The van der Waals surface area contributed by atoms with E-state index in [-0.39, 0.29) is 4.21 Å². The van der Waals surface area contributed by atoms with E-state index in [1.807, 2.05) is 0 Å². The number of hydrogen-bond donors (Lipinski definition) is 1. The van der Waals surface area contributed by atoms with Crippen molar-refractivity contribution in [2.75, 3.05) is 6.61 Å². The lowest BCUT2D eigenvalue weighted by Gasteiger charge is -1.98. The van der Waals surface area contributed by atoms with Crippen molar-refractivity contribution in [2.45, 2.75) is 4.21 Å². The summed E-state index contributed by atoms with van der Waals surface area (Å²) in [6, 6.07) is 2.88. The summed E-state index contributed by atoms with van der Waals surface area (Å²) < 4.78 is 27.4. The predicted octanol–water partition coefficient (Wildman–Crippen LogP) is 1.30. The van der Waals surface area contributed by atoms with Crippen LogP contribution in [-0.2, 0) is 19.1 Å². The van der Waals surface area contributed by atoms with Gasteiger partial charge in [0.2, 0.25) is 0 Å². The molecule has 78 valence electrons. The van der Waals surface area contributed by atoms with Gasteiger partial charge in [-0.3, -0.25) is 4.18 Å². The Morgan fingerprint density at radius 1 is 1.57 bits per heavy atom. The number of hydrogen-bond acceptors (Lipinski definition) is 5. The zero-order valence-electron chi connectivity index (χ0n) is 6.64. The molecule has 0 bridgehead atoms. The van der Waals surface area contributed by atoms with Crippen LogP contribution >= 0.6 is 27.3 Å². The summed E-state index contributed by atoms with van der Waals surface area (Å²) in [6.45, 7) is -0.863. The molecule has 1 aromatic rings. The fourth-order valence-electron chi connectivity index (χ4n) is 0.618. The Bertz CT molecular complexity index is 435. The monoisotopic (exact) mass is 300 g/mol. The molecule has 14 heavy (non-hydrogen) atoms. The van der Waals surface area contributed by atoms with Gasteiger partial charge >= 0.3 is 16.1 Å². The van der Waals surface area contributed by atoms with Crippen LogP contribution in [0.3, 0.4) is 0 Å². The molecule has 0 spiro atoms. The van der Waals surface area contributed by atoms with E-state index in [2.05, 4.69) is 20.1 Å². The predicted molar refractivity (Wildman–Crippen MR) is 52.8 cm³/mol. The van der Waals surface area contributed by atoms with E-state index in [1.165, 1.54) is 6.07 Å². The lowest BCUT2D eigenvalue weighted by Crippen LogP contribution is -2.12. The summed E-state index contributed by atoms with van der Waals surface area (Å²) in [5, 5.41) is 8.23. The Labute approximate surface area is 92.6 Å². The quantitative estimate of drug-likeness (QED) is 0.848. The third-order valence-electron chi connectivity index (χ3n) is 1.13. The number of rotatable bonds is 4. The molecule has 0 amide bonds. The first kappa shape index (κ1) is 11.6. The maximum atomic E-state index is 11.3. The second-order valence-corrected chi connectivity index (χ2v) is 6.47. The van der Waals surface area contributed by atoms with Crippen LogP contribution in [0.5, 0.6) is 0 Å². The maximum Gasteiger partial charge on any atom is 0.331 e. The molecular formula is C6H5BrO5S2. The molecule has 0 atom stereocenters. The molecule has 1 aromatic heterocycles. The molecule has 0 aliphatic carbocycles. The molecule has 0 aromatic carbocycles. The molecule has 8 heteroatoms. The molecular weight excluding hydrogens is 296 g/mol. The van der Waals surface area contributed by atoms with Gasteiger partial charge in [-0.25, -0.2) is 4.79 Å². The first-order chi connectivity index (χ1) is 6.42. The summed E-state index contributed by atoms with van der Waals surface area (Å²) in [6.07, 6.45) is 0. The van der Waals surface area contributed by atoms with E-state index in [0.717, 1.165) is 11.3 Å². The minimum absolute atomic E-state index is 0.0226.